The van der Waals surface area contributed by atoms with Gasteiger partial charge in [-0.3, -0.25) is 4.79 Å². The lowest BCUT2D eigenvalue weighted by atomic mass is 9.78. The van der Waals surface area contributed by atoms with Crippen molar-refractivity contribution in [3.63, 3.8) is 0 Å². The van der Waals surface area contributed by atoms with Gasteiger partial charge in [-0.2, -0.15) is 0 Å². The van der Waals surface area contributed by atoms with Gasteiger partial charge in [0.05, 0.1) is 19.1 Å². The topological polar surface area (TPSA) is 41.6 Å². The number of hydrogen-bond acceptors (Lipinski definition) is 3. The number of piperidine rings is 2. The van der Waals surface area contributed by atoms with Crippen LogP contribution in [0.25, 0.3) is 0 Å². The zero-order valence-electron chi connectivity index (χ0n) is 13.2. The van der Waals surface area contributed by atoms with Crippen molar-refractivity contribution in [2.45, 2.75) is 69.9 Å². The molecule has 2 heterocycles. The summed E-state index contributed by atoms with van der Waals surface area (Å²) in [5.41, 5.74) is 0. The first-order valence-electron chi connectivity index (χ1n) is 8.96. The van der Waals surface area contributed by atoms with Crippen molar-refractivity contribution in [1.82, 2.24) is 10.2 Å². The fourth-order valence-electron chi connectivity index (χ4n) is 4.35. The maximum absolute atomic E-state index is 12.5. The van der Waals surface area contributed by atoms with Crippen molar-refractivity contribution < 1.29 is 9.53 Å². The van der Waals surface area contributed by atoms with Crippen LogP contribution in [0, 0.1) is 5.92 Å². The quantitative estimate of drug-likeness (QED) is 0.865. The Bertz CT molecular complexity index is 340. The van der Waals surface area contributed by atoms with Gasteiger partial charge in [-0.15, -0.1) is 0 Å². The molecule has 0 radical (unpaired) electrons. The molecule has 0 unspecified atom stereocenters. The van der Waals surface area contributed by atoms with Crippen molar-refractivity contribution in [1.29, 1.82) is 0 Å². The van der Waals surface area contributed by atoms with Crippen molar-refractivity contribution in [2.24, 2.45) is 5.92 Å². The number of hydrogen-bond donors (Lipinski definition) is 1. The highest BCUT2D eigenvalue weighted by Gasteiger charge is 2.35. The Morgan fingerprint density at radius 1 is 1.05 bits per heavy atom. The van der Waals surface area contributed by atoms with E-state index in [-0.39, 0.29) is 0 Å². The molecule has 2 atom stereocenters. The lowest BCUT2D eigenvalue weighted by molar-refractivity contribution is -0.139. The summed E-state index contributed by atoms with van der Waals surface area (Å²) in [5, 5.41) is 3.34. The van der Waals surface area contributed by atoms with Crippen molar-refractivity contribution >= 4 is 5.91 Å². The van der Waals surface area contributed by atoms with E-state index in [0.29, 0.717) is 31.1 Å². The van der Waals surface area contributed by atoms with Crippen LogP contribution in [-0.4, -0.2) is 49.2 Å². The Morgan fingerprint density at radius 3 is 2.67 bits per heavy atom. The summed E-state index contributed by atoms with van der Waals surface area (Å²) < 4.78 is 5.89. The molecule has 0 aromatic carbocycles. The molecule has 21 heavy (non-hydrogen) atoms. The highest BCUT2D eigenvalue weighted by atomic mass is 16.5. The predicted molar refractivity (Wildman–Crippen MR) is 83.2 cm³/mol. The van der Waals surface area contributed by atoms with E-state index in [4.69, 9.17) is 4.74 Å². The van der Waals surface area contributed by atoms with Gasteiger partial charge in [0.2, 0.25) is 5.91 Å². The van der Waals surface area contributed by atoms with Gasteiger partial charge in [-0.1, -0.05) is 12.8 Å². The van der Waals surface area contributed by atoms with Crippen LogP contribution in [0.4, 0.5) is 0 Å². The molecule has 120 valence electrons. The lowest BCUT2D eigenvalue weighted by Crippen LogP contribution is -2.49. The van der Waals surface area contributed by atoms with E-state index in [2.05, 4.69) is 10.2 Å². The van der Waals surface area contributed by atoms with E-state index in [9.17, 15) is 4.79 Å². The lowest BCUT2D eigenvalue weighted by Gasteiger charge is -2.44. The summed E-state index contributed by atoms with van der Waals surface area (Å²) >= 11 is 0. The minimum Gasteiger partial charge on any atom is -0.378 e. The van der Waals surface area contributed by atoms with Crippen molar-refractivity contribution in [3.05, 3.63) is 0 Å². The number of fused-ring (bicyclic) bond motifs is 1. The summed E-state index contributed by atoms with van der Waals surface area (Å²) in [6.07, 6.45) is 10.9. The van der Waals surface area contributed by atoms with Gasteiger partial charge in [0.1, 0.15) is 0 Å². The molecule has 2 aliphatic heterocycles. The highest BCUT2D eigenvalue weighted by Crippen LogP contribution is 2.35. The molecular weight excluding hydrogens is 264 g/mol. The number of nitrogens with zero attached hydrogens (tertiary/aromatic N) is 1. The molecule has 3 aliphatic rings. The number of nitrogens with one attached hydrogen (secondary N) is 1. The Labute approximate surface area is 128 Å². The van der Waals surface area contributed by atoms with Crippen LogP contribution in [0.5, 0.6) is 0 Å². The van der Waals surface area contributed by atoms with Crippen molar-refractivity contribution in [2.75, 3.05) is 26.2 Å². The van der Waals surface area contributed by atoms with Gasteiger partial charge < -0.3 is 15.0 Å². The van der Waals surface area contributed by atoms with E-state index in [1.807, 2.05) is 0 Å². The van der Waals surface area contributed by atoms with Crippen LogP contribution in [0.2, 0.25) is 0 Å². The van der Waals surface area contributed by atoms with Crippen LogP contribution >= 0.6 is 0 Å². The summed E-state index contributed by atoms with van der Waals surface area (Å²) in [7, 11) is 0. The predicted octanol–water partition coefficient (Wildman–Crippen LogP) is 2.33. The minimum absolute atomic E-state index is 0.334. The van der Waals surface area contributed by atoms with Crippen LogP contribution in [0.1, 0.15) is 57.8 Å². The normalized spacial score (nSPS) is 31.0. The highest BCUT2D eigenvalue weighted by molar-refractivity contribution is 5.76. The Morgan fingerprint density at radius 2 is 1.81 bits per heavy atom. The van der Waals surface area contributed by atoms with E-state index in [1.54, 1.807) is 0 Å². The zero-order valence-corrected chi connectivity index (χ0v) is 13.2. The first-order chi connectivity index (χ1) is 10.3. The van der Waals surface area contributed by atoms with E-state index in [1.165, 1.54) is 38.5 Å². The third-order valence-corrected chi connectivity index (χ3v) is 5.52. The van der Waals surface area contributed by atoms with Gasteiger partial charge in [0.25, 0.3) is 0 Å². The molecule has 3 rings (SSSR count). The molecule has 2 saturated heterocycles. The van der Waals surface area contributed by atoms with Gasteiger partial charge in [-0.25, -0.2) is 0 Å². The summed E-state index contributed by atoms with van der Waals surface area (Å²) in [6.45, 7) is 3.69. The fraction of sp³-hybridized carbons (Fsp3) is 0.941. The molecule has 1 aliphatic carbocycles. The molecule has 4 heteroatoms. The molecule has 4 nitrogen and oxygen atoms in total. The third-order valence-electron chi connectivity index (χ3n) is 5.52. The van der Waals surface area contributed by atoms with Gasteiger partial charge in [-0.05, 0) is 57.5 Å². The molecule has 0 aromatic rings. The zero-order chi connectivity index (χ0) is 14.5. The molecule has 1 saturated carbocycles. The fourth-order valence-corrected chi connectivity index (χ4v) is 4.35. The Hall–Kier alpha value is -0.610. The molecule has 0 aromatic heterocycles. The second-order valence-electron chi connectivity index (χ2n) is 6.91. The summed E-state index contributed by atoms with van der Waals surface area (Å²) in [4.78, 5) is 14.7. The van der Waals surface area contributed by atoms with Crippen LogP contribution in [0.3, 0.4) is 0 Å². The SMILES string of the molecule is O=C(CCOC1CCNCC1)N1CCC[C@H]2CCCC[C@H]21. The largest absolute Gasteiger partial charge is 0.378 e. The van der Waals surface area contributed by atoms with Gasteiger partial charge >= 0.3 is 0 Å². The second-order valence-corrected chi connectivity index (χ2v) is 6.91. The standard InChI is InChI=1S/C17H30N2O2/c20-17(9-13-21-15-7-10-18-11-8-15)19-12-3-5-14-4-1-2-6-16(14)19/h14-16,18H,1-13H2/t14-,16-/m1/s1. The second kappa shape index (κ2) is 7.59. The van der Waals surface area contributed by atoms with Crippen molar-refractivity contribution in [3.8, 4) is 0 Å². The van der Waals surface area contributed by atoms with Gasteiger partial charge in [0, 0.05) is 12.6 Å². The number of ether oxygens (including phenoxy) is 1. The Balaban J connectivity index is 1.43. The smallest absolute Gasteiger partial charge is 0.225 e. The Kier molecular flexibility index (Phi) is 5.53. The number of carbonyl (C=O) groups excluding carboxylic acids is 1. The summed E-state index contributed by atoms with van der Waals surface area (Å²) in [6, 6.07) is 0.541. The maximum Gasteiger partial charge on any atom is 0.225 e. The van der Waals surface area contributed by atoms with Crippen LogP contribution in [-0.2, 0) is 9.53 Å². The summed E-state index contributed by atoms with van der Waals surface area (Å²) in [5.74, 6) is 1.11. The van der Waals surface area contributed by atoms with E-state index < -0.39 is 0 Å². The molecule has 0 bridgehead atoms. The molecular formula is C17H30N2O2. The minimum atomic E-state index is 0.334. The van der Waals surface area contributed by atoms with Gasteiger partial charge in [0.15, 0.2) is 0 Å². The van der Waals surface area contributed by atoms with E-state index >= 15 is 0 Å². The number of rotatable bonds is 4. The number of carbonyl (C=O) groups is 1. The molecule has 1 amide bonds. The molecule has 3 fully saturated rings. The van der Waals surface area contributed by atoms with E-state index in [0.717, 1.165) is 38.4 Å². The first-order valence-corrected chi connectivity index (χ1v) is 8.96. The molecule has 1 N–H and O–H groups in total. The third kappa shape index (κ3) is 3.98. The average molecular weight is 294 g/mol. The monoisotopic (exact) mass is 294 g/mol. The van der Waals surface area contributed by atoms with Crippen LogP contribution < -0.4 is 5.32 Å². The number of likely N-dealkylation sites (tertiary alicyclic amines) is 1. The number of amides is 1. The maximum atomic E-state index is 12.5. The molecule has 0 spiro atoms. The average Bonchev–Trinajstić information content (AvgIpc) is 2.55. The van der Waals surface area contributed by atoms with Crippen LogP contribution in [0.15, 0.2) is 0 Å². The first kappa shape index (κ1) is 15.3.